The summed E-state index contributed by atoms with van der Waals surface area (Å²) < 4.78 is 4.70. The van der Waals surface area contributed by atoms with E-state index in [-0.39, 0.29) is 11.9 Å². The molecule has 0 amide bonds. The number of carbonyl (C=O) groups excluding carboxylic acids is 1. The van der Waals surface area contributed by atoms with Crippen molar-refractivity contribution in [1.82, 2.24) is 4.98 Å². The number of nitrogens with one attached hydrogen (secondary N) is 1. The lowest BCUT2D eigenvalue weighted by Crippen LogP contribution is -2.10. The maximum atomic E-state index is 11.3. The number of esters is 1. The molecule has 0 saturated carbocycles. The molecule has 1 heterocycles. The second-order valence-corrected chi connectivity index (χ2v) is 3.56. The predicted octanol–water partition coefficient (Wildman–Crippen LogP) is 2.44. The maximum Gasteiger partial charge on any atom is 0.314 e. The highest BCUT2D eigenvalue weighted by molar-refractivity contribution is 5.84. The van der Waals surface area contributed by atoms with Crippen LogP contribution in [0.1, 0.15) is 18.5 Å². The van der Waals surface area contributed by atoms with Crippen molar-refractivity contribution < 1.29 is 9.53 Å². The fraction of sp³-hybridized carbons (Fsp3) is 0.250. The van der Waals surface area contributed by atoms with Crippen LogP contribution in [-0.4, -0.2) is 18.1 Å². The molecule has 0 aliphatic heterocycles. The van der Waals surface area contributed by atoms with E-state index in [1.54, 1.807) is 0 Å². The van der Waals surface area contributed by atoms with Crippen LogP contribution in [0.25, 0.3) is 10.9 Å². The monoisotopic (exact) mass is 203 g/mol. The Kier molecular flexibility index (Phi) is 2.46. The highest BCUT2D eigenvalue weighted by Gasteiger charge is 2.17. The van der Waals surface area contributed by atoms with Gasteiger partial charge in [-0.3, -0.25) is 4.79 Å². The molecule has 3 nitrogen and oxygen atoms in total. The molecule has 15 heavy (non-hydrogen) atoms. The van der Waals surface area contributed by atoms with Gasteiger partial charge < -0.3 is 9.72 Å². The van der Waals surface area contributed by atoms with Crippen LogP contribution in [0.5, 0.6) is 0 Å². The van der Waals surface area contributed by atoms with E-state index < -0.39 is 0 Å². The molecule has 0 spiro atoms. The molecule has 0 aliphatic rings. The number of benzene rings is 1. The Bertz CT molecular complexity index is 454. The Morgan fingerprint density at radius 3 is 2.80 bits per heavy atom. The number of ether oxygens (including phenoxy) is 1. The summed E-state index contributed by atoms with van der Waals surface area (Å²) in [7, 11) is 1.40. The van der Waals surface area contributed by atoms with E-state index in [2.05, 4.69) is 4.98 Å². The number of carbonyl (C=O) groups is 1. The number of hydrogen-bond acceptors (Lipinski definition) is 2. The number of aromatic nitrogens is 1. The molecule has 0 fully saturated rings. The molecule has 1 aromatic carbocycles. The van der Waals surface area contributed by atoms with Crippen LogP contribution >= 0.6 is 0 Å². The number of H-pyrrole nitrogens is 1. The fourth-order valence-electron chi connectivity index (χ4n) is 1.63. The van der Waals surface area contributed by atoms with Crippen molar-refractivity contribution >= 4 is 16.9 Å². The molecule has 0 aliphatic carbocycles. The molecular weight excluding hydrogens is 190 g/mol. The minimum absolute atomic E-state index is 0.221. The maximum absolute atomic E-state index is 11.3. The van der Waals surface area contributed by atoms with Gasteiger partial charge in [0, 0.05) is 11.2 Å². The van der Waals surface area contributed by atoms with E-state index in [4.69, 9.17) is 4.74 Å². The number of methoxy groups -OCH3 is 1. The topological polar surface area (TPSA) is 42.1 Å². The van der Waals surface area contributed by atoms with Gasteiger partial charge in [-0.05, 0) is 24.4 Å². The number of hydrogen-bond donors (Lipinski definition) is 1. The molecule has 0 radical (unpaired) electrons. The first-order chi connectivity index (χ1) is 7.22. The van der Waals surface area contributed by atoms with Crippen LogP contribution in [0.3, 0.4) is 0 Å². The normalized spacial score (nSPS) is 12.7. The Morgan fingerprint density at radius 2 is 2.13 bits per heavy atom. The van der Waals surface area contributed by atoms with Crippen molar-refractivity contribution in [3.63, 3.8) is 0 Å². The van der Waals surface area contributed by atoms with E-state index in [9.17, 15) is 4.79 Å². The minimum Gasteiger partial charge on any atom is -0.469 e. The van der Waals surface area contributed by atoms with Crippen LogP contribution in [0.2, 0.25) is 0 Å². The SMILES string of the molecule is COC(=O)[C@H](C)c1cc2ccccc2[nH]1. The summed E-state index contributed by atoms with van der Waals surface area (Å²) >= 11 is 0. The Morgan fingerprint density at radius 1 is 1.40 bits per heavy atom. The second kappa shape index (κ2) is 3.77. The highest BCUT2D eigenvalue weighted by atomic mass is 16.5. The van der Waals surface area contributed by atoms with Crippen molar-refractivity contribution in [2.45, 2.75) is 12.8 Å². The van der Waals surface area contributed by atoms with Crippen LogP contribution in [0.15, 0.2) is 30.3 Å². The van der Waals surface area contributed by atoms with Gasteiger partial charge in [-0.25, -0.2) is 0 Å². The first-order valence-electron chi connectivity index (χ1n) is 4.88. The van der Waals surface area contributed by atoms with Gasteiger partial charge in [-0.1, -0.05) is 18.2 Å². The molecule has 0 unspecified atom stereocenters. The van der Waals surface area contributed by atoms with E-state index >= 15 is 0 Å². The lowest BCUT2D eigenvalue weighted by molar-refractivity contribution is -0.142. The third kappa shape index (κ3) is 1.73. The smallest absolute Gasteiger partial charge is 0.314 e. The third-order valence-electron chi connectivity index (χ3n) is 2.57. The molecule has 2 rings (SSSR count). The fourth-order valence-corrected chi connectivity index (χ4v) is 1.63. The Balaban J connectivity index is 2.40. The molecule has 1 N–H and O–H groups in total. The zero-order valence-electron chi connectivity index (χ0n) is 8.78. The van der Waals surface area contributed by atoms with Gasteiger partial charge >= 0.3 is 5.97 Å². The highest BCUT2D eigenvalue weighted by Crippen LogP contribution is 2.21. The average Bonchev–Trinajstić information content (AvgIpc) is 2.70. The molecule has 0 saturated heterocycles. The second-order valence-electron chi connectivity index (χ2n) is 3.56. The minimum atomic E-state index is -0.248. The molecule has 78 valence electrons. The van der Waals surface area contributed by atoms with Crippen molar-refractivity contribution in [3.8, 4) is 0 Å². The summed E-state index contributed by atoms with van der Waals surface area (Å²) in [4.78, 5) is 14.6. The zero-order chi connectivity index (χ0) is 10.8. The Hall–Kier alpha value is -1.77. The number of fused-ring (bicyclic) bond motifs is 1. The van der Waals surface area contributed by atoms with Gasteiger partial charge in [-0.15, -0.1) is 0 Å². The molecule has 1 atom stereocenters. The van der Waals surface area contributed by atoms with Crippen LogP contribution in [-0.2, 0) is 9.53 Å². The summed E-state index contributed by atoms with van der Waals surface area (Å²) in [6.07, 6.45) is 0. The standard InChI is InChI=1S/C12H13NO2/c1-8(12(14)15-2)11-7-9-5-3-4-6-10(9)13-11/h3-8,13H,1-2H3/t8-/m1/s1. The number of para-hydroxylation sites is 1. The first kappa shape index (κ1) is 9.77. The molecule has 2 aromatic rings. The summed E-state index contributed by atoms with van der Waals surface area (Å²) in [6.45, 7) is 1.83. The molecule has 3 heteroatoms. The summed E-state index contributed by atoms with van der Waals surface area (Å²) in [5, 5.41) is 1.11. The quantitative estimate of drug-likeness (QED) is 0.762. The number of rotatable bonds is 2. The van der Waals surface area contributed by atoms with Crippen molar-refractivity contribution in [2.24, 2.45) is 0 Å². The van der Waals surface area contributed by atoms with E-state index in [1.165, 1.54) is 7.11 Å². The van der Waals surface area contributed by atoms with E-state index in [1.807, 2.05) is 37.3 Å². The average molecular weight is 203 g/mol. The summed E-state index contributed by atoms with van der Waals surface area (Å²) in [5.41, 5.74) is 1.94. The molecular formula is C12H13NO2. The van der Waals surface area contributed by atoms with Gasteiger partial charge in [-0.2, -0.15) is 0 Å². The molecule has 1 aromatic heterocycles. The van der Waals surface area contributed by atoms with Crippen LogP contribution < -0.4 is 0 Å². The Labute approximate surface area is 88.1 Å². The zero-order valence-corrected chi connectivity index (χ0v) is 8.78. The number of aromatic amines is 1. The largest absolute Gasteiger partial charge is 0.469 e. The van der Waals surface area contributed by atoms with Gasteiger partial charge in [0.2, 0.25) is 0 Å². The summed E-state index contributed by atoms with van der Waals surface area (Å²) in [6, 6.07) is 9.92. The van der Waals surface area contributed by atoms with Gasteiger partial charge in [0.15, 0.2) is 0 Å². The van der Waals surface area contributed by atoms with Crippen molar-refractivity contribution in [2.75, 3.05) is 7.11 Å². The third-order valence-corrected chi connectivity index (χ3v) is 2.57. The lowest BCUT2D eigenvalue weighted by Gasteiger charge is -2.05. The lowest BCUT2D eigenvalue weighted by atomic mass is 10.1. The van der Waals surface area contributed by atoms with E-state index in [0.717, 1.165) is 16.6 Å². The first-order valence-corrected chi connectivity index (χ1v) is 4.88. The predicted molar refractivity (Wildman–Crippen MR) is 58.7 cm³/mol. The van der Waals surface area contributed by atoms with Crippen molar-refractivity contribution in [3.05, 3.63) is 36.0 Å². The van der Waals surface area contributed by atoms with Crippen LogP contribution in [0, 0.1) is 0 Å². The van der Waals surface area contributed by atoms with Gasteiger partial charge in [0.1, 0.15) is 0 Å². The van der Waals surface area contributed by atoms with Crippen molar-refractivity contribution in [1.29, 1.82) is 0 Å². The van der Waals surface area contributed by atoms with Crippen LogP contribution in [0.4, 0.5) is 0 Å². The van der Waals surface area contributed by atoms with Gasteiger partial charge in [0.25, 0.3) is 0 Å². The summed E-state index contributed by atoms with van der Waals surface area (Å²) in [5.74, 6) is -0.469. The van der Waals surface area contributed by atoms with Gasteiger partial charge in [0.05, 0.1) is 13.0 Å². The van der Waals surface area contributed by atoms with E-state index in [0.29, 0.717) is 0 Å². The molecule has 0 bridgehead atoms.